The quantitative estimate of drug-likeness (QED) is 0.541. The average molecular weight is 401 g/mol. The molecule has 1 amide bonds. The average Bonchev–Trinajstić information content (AvgIpc) is 2.59. The van der Waals surface area contributed by atoms with E-state index in [1.165, 1.54) is 0 Å². The van der Waals surface area contributed by atoms with Gasteiger partial charge in [0.15, 0.2) is 0 Å². The first kappa shape index (κ1) is 20.1. The lowest BCUT2D eigenvalue weighted by molar-refractivity contribution is -0.954. The lowest BCUT2D eigenvalue weighted by atomic mass is 10.1. The van der Waals surface area contributed by atoms with Gasteiger partial charge in [-0.2, -0.15) is 0 Å². The summed E-state index contributed by atoms with van der Waals surface area (Å²) in [6.07, 6.45) is -0.327. The molecule has 0 spiro atoms. The molecule has 2 N–H and O–H groups in total. The van der Waals surface area contributed by atoms with Crippen LogP contribution in [-0.2, 0) is 17.9 Å². The van der Waals surface area contributed by atoms with E-state index >= 15 is 0 Å². The van der Waals surface area contributed by atoms with Gasteiger partial charge in [-0.1, -0.05) is 102 Å². The third-order valence-corrected chi connectivity index (χ3v) is 4.56. The minimum atomic E-state index is -1.62. The number of halogens is 3. The number of rotatable bonds is 7. The molecule has 6 heteroatoms. The van der Waals surface area contributed by atoms with Crippen molar-refractivity contribution in [1.82, 2.24) is 5.32 Å². The van der Waals surface area contributed by atoms with Gasteiger partial charge in [-0.3, -0.25) is 4.79 Å². The molecule has 0 aliphatic carbocycles. The van der Waals surface area contributed by atoms with Gasteiger partial charge in [-0.25, -0.2) is 0 Å². The third kappa shape index (κ3) is 6.52. The highest BCUT2D eigenvalue weighted by Crippen LogP contribution is 2.28. The molecule has 25 heavy (non-hydrogen) atoms. The van der Waals surface area contributed by atoms with Crippen molar-refractivity contribution in [3.63, 3.8) is 0 Å². The summed E-state index contributed by atoms with van der Waals surface area (Å²) in [7, 11) is 0. The van der Waals surface area contributed by atoms with E-state index in [-0.39, 0.29) is 5.91 Å². The van der Waals surface area contributed by atoms with Gasteiger partial charge in [0, 0.05) is 17.5 Å². The van der Waals surface area contributed by atoms with Crippen LogP contribution in [0.2, 0.25) is 0 Å². The second kappa shape index (κ2) is 9.44. The predicted octanol–water partition coefficient (Wildman–Crippen LogP) is 3.49. The summed E-state index contributed by atoms with van der Waals surface area (Å²) in [5, 5.41) is 2.88. The topological polar surface area (TPSA) is 33.5 Å². The Balaban J connectivity index is 2.30. The van der Waals surface area contributed by atoms with Crippen molar-refractivity contribution in [2.24, 2.45) is 0 Å². The Morgan fingerprint density at radius 3 is 1.76 bits per heavy atom. The van der Waals surface area contributed by atoms with Crippen molar-refractivity contribution in [3.8, 4) is 0 Å². The molecule has 3 nitrogen and oxygen atoms in total. The number of amides is 1. The van der Waals surface area contributed by atoms with E-state index in [2.05, 4.69) is 5.32 Å². The van der Waals surface area contributed by atoms with Gasteiger partial charge in [-0.15, -0.1) is 0 Å². The van der Waals surface area contributed by atoms with Crippen LogP contribution in [0, 0.1) is 0 Å². The molecule has 0 radical (unpaired) electrons. The molecule has 0 saturated carbocycles. The Morgan fingerprint density at radius 1 is 0.960 bits per heavy atom. The lowest BCUT2D eigenvalue weighted by Crippen LogP contribution is -3.17. The zero-order valence-corrected chi connectivity index (χ0v) is 16.3. The Hall–Kier alpha value is -1.26. The number of nitrogens with one attached hydrogen (secondary N) is 2. The first-order valence-corrected chi connectivity index (χ1v) is 9.32. The number of quaternary nitrogens is 1. The maximum Gasteiger partial charge on any atom is 0.262 e. The van der Waals surface area contributed by atoms with E-state index < -0.39 is 9.96 Å². The number of hydrogen-bond acceptors (Lipinski definition) is 1. The normalized spacial score (nSPS) is 12.8. The molecule has 0 saturated heterocycles. The van der Waals surface area contributed by atoms with Crippen molar-refractivity contribution < 1.29 is 9.69 Å². The zero-order valence-electron chi connectivity index (χ0n) is 14.0. The fraction of sp³-hybridized carbons (Fsp3) is 0.316. The van der Waals surface area contributed by atoms with E-state index in [0.717, 1.165) is 16.0 Å². The molecule has 2 aromatic carbocycles. The van der Waals surface area contributed by atoms with Crippen LogP contribution in [0.25, 0.3) is 0 Å². The standard InChI is InChI=1S/C19H21Cl3N2O/c1-2-17(25)23-18(19(20,21)22)24(13-15-9-5-3-6-10-15)14-16-11-7-4-8-12-16/h3-12,18H,2,13-14H2,1H3,(H,23,25)/p+1/t18-/m0/s1. The maximum absolute atomic E-state index is 12.0. The summed E-state index contributed by atoms with van der Waals surface area (Å²) in [5.74, 6) is -0.144. The second-order valence-electron chi connectivity index (χ2n) is 5.88. The molecule has 0 heterocycles. The summed E-state index contributed by atoms with van der Waals surface area (Å²) < 4.78 is -1.62. The summed E-state index contributed by atoms with van der Waals surface area (Å²) >= 11 is 18.7. The Bertz CT molecular complexity index is 618. The van der Waals surface area contributed by atoms with E-state index in [1.54, 1.807) is 6.92 Å². The first-order valence-electron chi connectivity index (χ1n) is 8.18. The first-order chi connectivity index (χ1) is 11.9. The molecular formula is C19H22Cl3N2O+. The van der Waals surface area contributed by atoms with Crippen LogP contribution in [0.3, 0.4) is 0 Å². The molecule has 2 rings (SSSR count). The minimum Gasteiger partial charge on any atom is -0.304 e. The van der Waals surface area contributed by atoms with Gasteiger partial charge in [0.25, 0.3) is 3.79 Å². The van der Waals surface area contributed by atoms with E-state index in [9.17, 15) is 4.79 Å². The van der Waals surface area contributed by atoms with Gasteiger partial charge in [0.2, 0.25) is 12.1 Å². The molecular weight excluding hydrogens is 379 g/mol. The lowest BCUT2D eigenvalue weighted by Gasteiger charge is -2.33. The monoisotopic (exact) mass is 399 g/mol. The highest BCUT2D eigenvalue weighted by atomic mass is 35.6. The molecule has 0 fully saturated rings. The molecule has 0 aliphatic rings. The summed E-state index contributed by atoms with van der Waals surface area (Å²) in [5.41, 5.74) is 2.22. The van der Waals surface area contributed by atoms with Crippen LogP contribution in [-0.4, -0.2) is 15.9 Å². The summed E-state index contributed by atoms with van der Waals surface area (Å²) in [6, 6.07) is 20.0. The molecule has 2 aromatic rings. The largest absolute Gasteiger partial charge is 0.304 e. The number of hydrogen-bond donors (Lipinski definition) is 2. The fourth-order valence-corrected chi connectivity index (χ4v) is 3.29. The van der Waals surface area contributed by atoms with Crippen LogP contribution in [0.1, 0.15) is 24.5 Å². The Kier molecular flexibility index (Phi) is 7.57. The number of benzene rings is 2. The maximum atomic E-state index is 12.0. The van der Waals surface area contributed by atoms with Crippen molar-refractivity contribution in [2.75, 3.05) is 0 Å². The minimum absolute atomic E-state index is 0.144. The highest BCUT2D eigenvalue weighted by molar-refractivity contribution is 6.68. The zero-order chi connectivity index (χ0) is 18.3. The summed E-state index contributed by atoms with van der Waals surface area (Å²) in [6.45, 7) is 3.02. The van der Waals surface area contributed by atoms with Crippen molar-refractivity contribution in [1.29, 1.82) is 0 Å². The van der Waals surface area contributed by atoms with E-state index in [0.29, 0.717) is 19.5 Å². The smallest absolute Gasteiger partial charge is 0.262 e. The van der Waals surface area contributed by atoms with Crippen LogP contribution in [0.5, 0.6) is 0 Å². The number of carbonyl (C=O) groups excluding carboxylic acids is 1. The third-order valence-electron chi connectivity index (χ3n) is 3.91. The number of alkyl halides is 3. The molecule has 0 aromatic heterocycles. The fourth-order valence-electron chi connectivity index (χ4n) is 2.66. The molecule has 0 unspecified atom stereocenters. The Morgan fingerprint density at radius 2 is 1.40 bits per heavy atom. The SMILES string of the molecule is CCC(=O)N[C@@H]([NH+](Cc1ccccc1)Cc1ccccc1)C(Cl)(Cl)Cl. The van der Waals surface area contributed by atoms with Crippen LogP contribution in [0.15, 0.2) is 60.7 Å². The van der Waals surface area contributed by atoms with Gasteiger partial charge in [0.05, 0.1) is 0 Å². The van der Waals surface area contributed by atoms with Gasteiger partial charge < -0.3 is 10.2 Å². The van der Waals surface area contributed by atoms with Gasteiger partial charge in [0.1, 0.15) is 13.1 Å². The molecule has 134 valence electrons. The molecule has 0 aliphatic heterocycles. The van der Waals surface area contributed by atoms with Gasteiger partial charge >= 0.3 is 0 Å². The molecule has 0 bridgehead atoms. The molecule has 1 atom stereocenters. The highest BCUT2D eigenvalue weighted by Gasteiger charge is 2.42. The second-order valence-corrected chi connectivity index (χ2v) is 8.25. The predicted molar refractivity (Wildman–Crippen MR) is 104 cm³/mol. The summed E-state index contributed by atoms with van der Waals surface area (Å²) in [4.78, 5) is 12.9. The van der Waals surface area contributed by atoms with Crippen molar-refractivity contribution in [2.45, 2.75) is 36.4 Å². The van der Waals surface area contributed by atoms with Crippen LogP contribution in [0.4, 0.5) is 0 Å². The number of carbonyl (C=O) groups is 1. The van der Waals surface area contributed by atoms with E-state index in [4.69, 9.17) is 34.8 Å². The van der Waals surface area contributed by atoms with Gasteiger partial charge in [-0.05, 0) is 0 Å². The van der Waals surface area contributed by atoms with Crippen LogP contribution < -0.4 is 10.2 Å². The van der Waals surface area contributed by atoms with E-state index in [1.807, 2.05) is 60.7 Å². The van der Waals surface area contributed by atoms with Crippen LogP contribution >= 0.6 is 34.8 Å². The van der Waals surface area contributed by atoms with Crippen molar-refractivity contribution >= 4 is 40.7 Å². The van der Waals surface area contributed by atoms with Crippen molar-refractivity contribution in [3.05, 3.63) is 71.8 Å². The Labute approximate surface area is 163 Å².